The van der Waals surface area contributed by atoms with Crippen molar-refractivity contribution in [2.75, 3.05) is 13.7 Å². The largest absolute Gasteiger partial charge is 0.497 e. The van der Waals surface area contributed by atoms with Crippen molar-refractivity contribution in [3.63, 3.8) is 0 Å². The second-order valence-electron chi connectivity index (χ2n) is 7.65. The van der Waals surface area contributed by atoms with Gasteiger partial charge in [-0.2, -0.15) is 0 Å². The highest BCUT2D eigenvalue weighted by molar-refractivity contribution is 5.91. The number of aromatic nitrogens is 2. The van der Waals surface area contributed by atoms with Crippen molar-refractivity contribution in [1.82, 2.24) is 15.3 Å². The van der Waals surface area contributed by atoms with E-state index >= 15 is 0 Å². The Balaban J connectivity index is 1.46. The molecule has 5 nitrogen and oxygen atoms in total. The molecule has 0 saturated carbocycles. The maximum absolute atomic E-state index is 12.5. The standard InChI is InChI=1S/C26H27N3O2/c1-18-17-27-15-13-19(18)14-16-28-25(30)12-11-23-22-5-3-4-6-24(22)29-26(23)20-7-9-21(31-2)10-8-20/h3-10,13,15,17,29H,11-12,14,16H2,1-2H3,(H,28,30). The number of fused-ring (bicyclic) bond motifs is 1. The van der Waals surface area contributed by atoms with Gasteiger partial charge in [-0.15, -0.1) is 0 Å². The highest BCUT2D eigenvalue weighted by Gasteiger charge is 2.14. The highest BCUT2D eigenvalue weighted by atomic mass is 16.5. The first-order valence-electron chi connectivity index (χ1n) is 10.6. The molecular weight excluding hydrogens is 386 g/mol. The number of amides is 1. The number of nitrogens with zero attached hydrogens (tertiary/aromatic N) is 1. The first-order valence-corrected chi connectivity index (χ1v) is 10.6. The Morgan fingerprint density at radius 3 is 2.65 bits per heavy atom. The van der Waals surface area contributed by atoms with Crippen LogP contribution in [0.2, 0.25) is 0 Å². The van der Waals surface area contributed by atoms with Gasteiger partial charge in [0.05, 0.1) is 7.11 Å². The van der Waals surface area contributed by atoms with Crippen LogP contribution in [0.1, 0.15) is 23.1 Å². The molecule has 0 radical (unpaired) electrons. The summed E-state index contributed by atoms with van der Waals surface area (Å²) in [6.45, 7) is 2.67. The van der Waals surface area contributed by atoms with Crippen LogP contribution in [-0.2, 0) is 17.6 Å². The lowest BCUT2D eigenvalue weighted by Gasteiger charge is -2.09. The summed E-state index contributed by atoms with van der Waals surface area (Å²) >= 11 is 0. The number of pyridine rings is 1. The minimum atomic E-state index is 0.0673. The molecule has 0 aliphatic heterocycles. The third-order valence-electron chi connectivity index (χ3n) is 5.65. The smallest absolute Gasteiger partial charge is 0.220 e. The van der Waals surface area contributed by atoms with Crippen LogP contribution in [0.3, 0.4) is 0 Å². The summed E-state index contributed by atoms with van der Waals surface area (Å²) in [5, 5.41) is 4.22. The number of nitrogens with one attached hydrogen (secondary N) is 2. The Morgan fingerprint density at radius 2 is 1.87 bits per heavy atom. The van der Waals surface area contributed by atoms with Gasteiger partial charge in [0.25, 0.3) is 0 Å². The van der Waals surface area contributed by atoms with Crippen LogP contribution in [0.5, 0.6) is 5.75 Å². The van der Waals surface area contributed by atoms with Gasteiger partial charge in [-0.25, -0.2) is 0 Å². The lowest BCUT2D eigenvalue weighted by molar-refractivity contribution is -0.121. The number of aryl methyl sites for hydroxylation is 2. The van der Waals surface area contributed by atoms with Gasteiger partial charge in [-0.1, -0.05) is 18.2 Å². The van der Waals surface area contributed by atoms with Gasteiger partial charge in [0.15, 0.2) is 0 Å². The predicted molar refractivity (Wildman–Crippen MR) is 124 cm³/mol. The second kappa shape index (κ2) is 9.47. The molecule has 0 spiro atoms. The quantitative estimate of drug-likeness (QED) is 0.434. The molecule has 0 atom stereocenters. The number of benzene rings is 2. The lowest BCUT2D eigenvalue weighted by atomic mass is 10.0. The molecular formula is C26H27N3O2. The number of rotatable bonds is 8. The number of carbonyl (C=O) groups is 1. The van der Waals surface area contributed by atoms with E-state index in [2.05, 4.69) is 27.4 Å². The molecule has 2 N–H and O–H groups in total. The van der Waals surface area contributed by atoms with Crippen molar-refractivity contribution in [3.8, 4) is 17.0 Å². The summed E-state index contributed by atoms with van der Waals surface area (Å²) in [5.41, 5.74) is 6.76. The molecule has 31 heavy (non-hydrogen) atoms. The van der Waals surface area contributed by atoms with Gasteiger partial charge < -0.3 is 15.0 Å². The summed E-state index contributed by atoms with van der Waals surface area (Å²) < 4.78 is 5.28. The number of para-hydroxylation sites is 1. The van der Waals surface area contributed by atoms with Gasteiger partial charge >= 0.3 is 0 Å². The van der Waals surface area contributed by atoms with Crippen LogP contribution in [0.15, 0.2) is 67.0 Å². The van der Waals surface area contributed by atoms with E-state index in [0.717, 1.165) is 39.9 Å². The van der Waals surface area contributed by atoms with Gasteiger partial charge in [0.1, 0.15) is 5.75 Å². The molecule has 158 valence electrons. The van der Waals surface area contributed by atoms with E-state index in [1.807, 2.05) is 55.6 Å². The van der Waals surface area contributed by atoms with Gasteiger partial charge in [-0.3, -0.25) is 9.78 Å². The molecule has 5 heteroatoms. The lowest BCUT2D eigenvalue weighted by Crippen LogP contribution is -2.26. The molecule has 4 aromatic rings. The minimum absolute atomic E-state index is 0.0673. The maximum atomic E-state index is 12.5. The van der Waals surface area contributed by atoms with Crippen LogP contribution in [0, 0.1) is 6.92 Å². The summed E-state index contributed by atoms with van der Waals surface area (Å²) in [6, 6.07) is 18.3. The summed E-state index contributed by atoms with van der Waals surface area (Å²) in [7, 11) is 1.66. The molecule has 2 heterocycles. The summed E-state index contributed by atoms with van der Waals surface area (Å²) in [4.78, 5) is 20.2. The minimum Gasteiger partial charge on any atom is -0.497 e. The topological polar surface area (TPSA) is 67.0 Å². The Labute approximate surface area is 182 Å². The van der Waals surface area contributed by atoms with Gasteiger partial charge in [-0.05, 0) is 78.4 Å². The van der Waals surface area contributed by atoms with Crippen molar-refractivity contribution in [2.24, 2.45) is 0 Å². The Hall–Kier alpha value is -3.60. The molecule has 2 aromatic carbocycles. The van der Waals surface area contributed by atoms with Crippen molar-refractivity contribution in [2.45, 2.75) is 26.2 Å². The Morgan fingerprint density at radius 1 is 1.06 bits per heavy atom. The predicted octanol–water partition coefficient (Wildman–Crippen LogP) is 4.84. The highest BCUT2D eigenvalue weighted by Crippen LogP contribution is 2.32. The van der Waals surface area contributed by atoms with E-state index in [1.165, 1.54) is 11.1 Å². The molecule has 0 aliphatic rings. The Kier molecular flexibility index (Phi) is 6.32. The van der Waals surface area contributed by atoms with Crippen molar-refractivity contribution in [3.05, 3.63) is 83.7 Å². The molecule has 1 amide bonds. The fraction of sp³-hybridized carbons (Fsp3) is 0.231. The summed E-state index contributed by atoms with van der Waals surface area (Å²) in [6.07, 6.45) is 5.58. The van der Waals surface area contributed by atoms with Crippen LogP contribution < -0.4 is 10.1 Å². The number of methoxy groups -OCH3 is 1. The third-order valence-corrected chi connectivity index (χ3v) is 5.65. The zero-order valence-electron chi connectivity index (χ0n) is 17.9. The first kappa shape index (κ1) is 20.7. The van der Waals surface area contributed by atoms with Crippen LogP contribution >= 0.6 is 0 Å². The number of hydrogen-bond acceptors (Lipinski definition) is 3. The molecule has 0 unspecified atom stereocenters. The second-order valence-corrected chi connectivity index (χ2v) is 7.65. The number of ether oxygens (including phenoxy) is 1. The first-order chi connectivity index (χ1) is 15.2. The maximum Gasteiger partial charge on any atom is 0.220 e. The van der Waals surface area contributed by atoms with E-state index in [0.29, 0.717) is 19.4 Å². The van der Waals surface area contributed by atoms with E-state index in [1.54, 1.807) is 13.3 Å². The monoisotopic (exact) mass is 413 g/mol. The molecule has 0 saturated heterocycles. The number of H-pyrrole nitrogens is 1. The van der Waals surface area contributed by atoms with E-state index < -0.39 is 0 Å². The van der Waals surface area contributed by atoms with Crippen molar-refractivity contribution < 1.29 is 9.53 Å². The third kappa shape index (κ3) is 4.77. The fourth-order valence-electron chi connectivity index (χ4n) is 3.91. The average molecular weight is 414 g/mol. The van der Waals surface area contributed by atoms with E-state index in [-0.39, 0.29) is 5.91 Å². The van der Waals surface area contributed by atoms with Crippen molar-refractivity contribution >= 4 is 16.8 Å². The van der Waals surface area contributed by atoms with Crippen LogP contribution in [-0.4, -0.2) is 29.5 Å². The zero-order valence-corrected chi connectivity index (χ0v) is 17.9. The van der Waals surface area contributed by atoms with Crippen LogP contribution in [0.25, 0.3) is 22.2 Å². The molecule has 0 aliphatic carbocycles. The Bertz CT molecular complexity index is 1180. The summed E-state index contributed by atoms with van der Waals surface area (Å²) in [5.74, 6) is 0.892. The van der Waals surface area contributed by atoms with E-state index in [4.69, 9.17) is 4.74 Å². The molecule has 0 fully saturated rings. The SMILES string of the molecule is COc1ccc(-c2[nH]c3ccccc3c2CCC(=O)NCCc2ccncc2C)cc1. The molecule has 2 aromatic heterocycles. The number of aromatic amines is 1. The van der Waals surface area contributed by atoms with Crippen molar-refractivity contribution in [1.29, 1.82) is 0 Å². The molecule has 4 rings (SSSR count). The average Bonchev–Trinajstić information content (AvgIpc) is 3.17. The zero-order chi connectivity index (χ0) is 21.6. The van der Waals surface area contributed by atoms with Gasteiger partial charge in [0, 0.05) is 42.0 Å². The van der Waals surface area contributed by atoms with Gasteiger partial charge in [0.2, 0.25) is 5.91 Å². The van der Waals surface area contributed by atoms with Crippen LogP contribution in [0.4, 0.5) is 0 Å². The number of hydrogen-bond donors (Lipinski definition) is 2. The normalized spacial score (nSPS) is 10.9. The fourth-order valence-corrected chi connectivity index (χ4v) is 3.91. The van der Waals surface area contributed by atoms with E-state index in [9.17, 15) is 4.79 Å². The molecule has 0 bridgehead atoms. The number of carbonyl (C=O) groups excluding carboxylic acids is 1.